The van der Waals surface area contributed by atoms with Crippen LogP contribution in [0.2, 0.25) is 0 Å². The number of nitrogens with two attached hydrogens (primary N) is 1. The fourth-order valence-electron chi connectivity index (χ4n) is 1.21. The molecule has 0 spiro atoms. The average molecular weight is 207 g/mol. The molecule has 0 aliphatic carbocycles. The largest absolute Gasteiger partial charge is 0.480 e. The first kappa shape index (κ1) is 11.0. The fraction of sp³-hybridized carbons (Fsp3) is 0.200. The molecule has 0 bridgehead atoms. The summed E-state index contributed by atoms with van der Waals surface area (Å²) >= 11 is 0. The third-order valence-electron chi connectivity index (χ3n) is 1.97. The standard InChI is InChI=1S/C10H13N3O2/c1-13(6-9(14)15)8-4-2-3-7(5-8)10(11)12/h2-5H,6H2,1H3,(H3,11,12)(H,14,15). The second-order valence-electron chi connectivity index (χ2n) is 3.21. The summed E-state index contributed by atoms with van der Waals surface area (Å²) in [7, 11) is 1.67. The maximum atomic E-state index is 10.5. The van der Waals surface area contributed by atoms with Crippen molar-refractivity contribution in [3.63, 3.8) is 0 Å². The normalized spacial score (nSPS) is 9.67. The Labute approximate surface area is 87.6 Å². The molecule has 0 heterocycles. The van der Waals surface area contributed by atoms with E-state index in [0.717, 1.165) is 5.69 Å². The van der Waals surface area contributed by atoms with Crippen molar-refractivity contribution in [2.45, 2.75) is 0 Å². The Morgan fingerprint density at radius 3 is 2.80 bits per heavy atom. The van der Waals surface area contributed by atoms with Crippen LogP contribution in [0.25, 0.3) is 0 Å². The van der Waals surface area contributed by atoms with Gasteiger partial charge in [0.05, 0.1) is 0 Å². The number of nitrogens with one attached hydrogen (secondary N) is 1. The van der Waals surface area contributed by atoms with E-state index in [9.17, 15) is 4.79 Å². The molecule has 1 aromatic rings. The van der Waals surface area contributed by atoms with Gasteiger partial charge in [0, 0.05) is 18.3 Å². The lowest BCUT2D eigenvalue weighted by molar-refractivity contribution is -0.135. The minimum atomic E-state index is -0.897. The summed E-state index contributed by atoms with van der Waals surface area (Å²) < 4.78 is 0. The number of carboxylic acid groups (broad SMARTS) is 1. The first-order valence-electron chi connectivity index (χ1n) is 4.38. The summed E-state index contributed by atoms with van der Waals surface area (Å²) in [5.74, 6) is -0.925. The second kappa shape index (κ2) is 4.45. The molecule has 0 aliphatic rings. The van der Waals surface area contributed by atoms with Gasteiger partial charge in [0.15, 0.2) is 0 Å². The number of aliphatic carboxylic acids is 1. The predicted octanol–water partition coefficient (Wildman–Crippen LogP) is 0.491. The third kappa shape index (κ3) is 2.98. The van der Waals surface area contributed by atoms with Crippen LogP contribution >= 0.6 is 0 Å². The first-order chi connectivity index (χ1) is 7.00. The van der Waals surface area contributed by atoms with E-state index in [4.69, 9.17) is 16.2 Å². The molecule has 80 valence electrons. The molecule has 0 aliphatic heterocycles. The zero-order valence-corrected chi connectivity index (χ0v) is 8.40. The third-order valence-corrected chi connectivity index (χ3v) is 1.97. The van der Waals surface area contributed by atoms with Crippen LogP contribution in [0.5, 0.6) is 0 Å². The molecule has 0 radical (unpaired) electrons. The highest BCUT2D eigenvalue weighted by molar-refractivity contribution is 5.95. The number of hydrogen-bond donors (Lipinski definition) is 3. The topological polar surface area (TPSA) is 90.4 Å². The molecule has 4 N–H and O–H groups in total. The summed E-state index contributed by atoms with van der Waals surface area (Å²) in [6, 6.07) is 6.91. The van der Waals surface area contributed by atoms with Gasteiger partial charge < -0.3 is 15.7 Å². The van der Waals surface area contributed by atoms with Crippen LogP contribution in [-0.4, -0.2) is 30.5 Å². The summed E-state index contributed by atoms with van der Waals surface area (Å²) in [6.45, 7) is -0.0820. The lowest BCUT2D eigenvalue weighted by Gasteiger charge is -2.17. The van der Waals surface area contributed by atoms with Crippen LogP contribution in [0.1, 0.15) is 5.56 Å². The molecule has 5 nitrogen and oxygen atoms in total. The van der Waals surface area contributed by atoms with Gasteiger partial charge in [0.2, 0.25) is 0 Å². The van der Waals surface area contributed by atoms with Gasteiger partial charge in [-0.2, -0.15) is 0 Å². The Balaban J connectivity index is 2.89. The summed E-state index contributed by atoms with van der Waals surface area (Å²) in [4.78, 5) is 12.1. The molecule has 1 aromatic carbocycles. The number of hydrogen-bond acceptors (Lipinski definition) is 3. The van der Waals surface area contributed by atoms with E-state index in [2.05, 4.69) is 0 Å². The molecular formula is C10H13N3O2. The van der Waals surface area contributed by atoms with Crippen molar-refractivity contribution in [2.75, 3.05) is 18.5 Å². The van der Waals surface area contributed by atoms with E-state index in [1.165, 1.54) is 0 Å². The number of carbonyl (C=O) groups is 1. The van der Waals surface area contributed by atoms with Crippen molar-refractivity contribution in [2.24, 2.45) is 5.73 Å². The fourth-order valence-corrected chi connectivity index (χ4v) is 1.21. The molecule has 0 saturated carbocycles. The molecule has 0 aromatic heterocycles. The second-order valence-corrected chi connectivity index (χ2v) is 3.21. The van der Waals surface area contributed by atoms with Crippen LogP contribution in [0, 0.1) is 5.41 Å². The number of nitrogen functional groups attached to an aromatic ring is 1. The van der Waals surface area contributed by atoms with Crippen LogP contribution in [0.15, 0.2) is 24.3 Å². The molecule has 0 fully saturated rings. The number of carboxylic acids is 1. The predicted molar refractivity (Wildman–Crippen MR) is 58.4 cm³/mol. The van der Waals surface area contributed by atoms with E-state index in [0.29, 0.717) is 5.56 Å². The molecular weight excluding hydrogens is 194 g/mol. The molecule has 15 heavy (non-hydrogen) atoms. The smallest absolute Gasteiger partial charge is 0.323 e. The van der Waals surface area contributed by atoms with Gasteiger partial charge in [-0.25, -0.2) is 0 Å². The minimum Gasteiger partial charge on any atom is -0.480 e. The molecule has 0 amide bonds. The van der Waals surface area contributed by atoms with E-state index < -0.39 is 5.97 Å². The first-order valence-corrected chi connectivity index (χ1v) is 4.38. The number of amidine groups is 1. The van der Waals surface area contributed by atoms with Crippen LogP contribution in [0.3, 0.4) is 0 Å². The van der Waals surface area contributed by atoms with Crippen LogP contribution in [0.4, 0.5) is 5.69 Å². The van der Waals surface area contributed by atoms with Gasteiger partial charge in [0.25, 0.3) is 0 Å². The SMILES string of the molecule is CN(CC(=O)O)c1cccc(C(=N)N)c1. The van der Waals surface area contributed by atoms with E-state index >= 15 is 0 Å². The Bertz CT molecular complexity index is 390. The highest BCUT2D eigenvalue weighted by Crippen LogP contribution is 2.13. The summed E-state index contributed by atoms with van der Waals surface area (Å²) in [6.07, 6.45) is 0. The van der Waals surface area contributed by atoms with E-state index in [1.54, 1.807) is 36.2 Å². The van der Waals surface area contributed by atoms with Gasteiger partial charge >= 0.3 is 5.97 Å². The molecule has 5 heteroatoms. The Kier molecular flexibility index (Phi) is 3.28. The van der Waals surface area contributed by atoms with Gasteiger partial charge in [-0.3, -0.25) is 10.2 Å². The van der Waals surface area contributed by atoms with Crippen molar-refractivity contribution in [1.82, 2.24) is 0 Å². The Morgan fingerprint density at radius 2 is 2.27 bits per heavy atom. The maximum absolute atomic E-state index is 10.5. The number of benzene rings is 1. The lowest BCUT2D eigenvalue weighted by atomic mass is 10.2. The number of likely N-dealkylation sites (N-methyl/N-ethyl adjacent to an activating group) is 1. The van der Waals surface area contributed by atoms with Crippen LogP contribution < -0.4 is 10.6 Å². The monoisotopic (exact) mass is 207 g/mol. The number of anilines is 1. The molecule has 0 atom stereocenters. The van der Waals surface area contributed by atoms with Crippen molar-refractivity contribution < 1.29 is 9.90 Å². The van der Waals surface area contributed by atoms with Crippen molar-refractivity contribution in [3.8, 4) is 0 Å². The van der Waals surface area contributed by atoms with Gasteiger partial charge in [-0.1, -0.05) is 12.1 Å². The molecule has 0 saturated heterocycles. The zero-order valence-electron chi connectivity index (χ0n) is 8.40. The number of nitrogens with zero attached hydrogens (tertiary/aromatic N) is 1. The Hall–Kier alpha value is -2.04. The molecule has 0 unspecified atom stereocenters. The van der Waals surface area contributed by atoms with Gasteiger partial charge in [-0.15, -0.1) is 0 Å². The van der Waals surface area contributed by atoms with E-state index in [-0.39, 0.29) is 12.4 Å². The molecule has 1 rings (SSSR count). The number of rotatable bonds is 4. The highest BCUT2D eigenvalue weighted by Gasteiger charge is 2.06. The summed E-state index contributed by atoms with van der Waals surface area (Å²) in [5, 5.41) is 15.9. The van der Waals surface area contributed by atoms with Gasteiger partial charge in [-0.05, 0) is 12.1 Å². The average Bonchev–Trinajstić information content (AvgIpc) is 2.17. The highest BCUT2D eigenvalue weighted by atomic mass is 16.4. The lowest BCUT2D eigenvalue weighted by Crippen LogP contribution is -2.25. The Morgan fingerprint density at radius 1 is 1.60 bits per heavy atom. The van der Waals surface area contributed by atoms with Gasteiger partial charge in [0.1, 0.15) is 12.4 Å². The summed E-state index contributed by atoms with van der Waals surface area (Å²) in [5.41, 5.74) is 6.65. The van der Waals surface area contributed by atoms with Crippen molar-refractivity contribution in [3.05, 3.63) is 29.8 Å². The van der Waals surface area contributed by atoms with Crippen molar-refractivity contribution in [1.29, 1.82) is 5.41 Å². The zero-order chi connectivity index (χ0) is 11.4. The van der Waals surface area contributed by atoms with Crippen LogP contribution in [-0.2, 0) is 4.79 Å². The van der Waals surface area contributed by atoms with Crippen molar-refractivity contribution >= 4 is 17.5 Å². The quantitative estimate of drug-likeness (QED) is 0.495. The maximum Gasteiger partial charge on any atom is 0.323 e. The minimum absolute atomic E-state index is 0.0272. The van der Waals surface area contributed by atoms with E-state index in [1.807, 2.05) is 0 Å².